The third kappa shape index (κ3) is 11.2. The van der Waals surface area contributed by atoms with Gasteiger partial charge >= 0.3 is 5.97 Å². The first-order valence-electron chi connectivity index (χ1n) is 3.56. The largest absolute Gasteiger partial charge is 0.462 e. The maximum atomic E-state index is 11.0. The average molecular weight is 387 g/mol. The summed E-state index contributed by atoms with van der Waals surface area (Å²) in [6.45, 7) is 2.22. The second-order valence-corrected chi connectivity index (χ2v) is 2.09. The second kappa shape index (κ2) is 18.1. The third-order valence-corrected chi connectivity index (χ3v) is 1.28. The van der Waals surface area contributed by atoms with Gasteiger partial charge in [0, 0.05) is 26.2 Å². The van der Waals surface area contributed by atoms with Crippen LogP contribution in [0.25, 0.3) is 0 Å². The number of esters is 1. The number of hydrogen-bond donors (Lipinski definition) is 0. The predicted octanol–water partition coefficient (Wildman–Crippen LogP) is 3.55. The fourth-order valence-corrected chi connectivity index (χ4v) is 0.789. The number of carbonyl (C=O) groups is 1. The molecule has 0 amide bonds. The zero-order valence-electron chi connectivity index (χ0n) is 8.54. The molecule has 0 saturated heterocycles. The van der Waals surface area contributed by atoms with E-state index in [0.717, 1.165) is 0 Å². The molecule has 0 bridgehead atoms. The SMILES string of the molecule is CCOC(=O)c1ccccc1.Cl.Cl.Cl.Cl.[Zr]. The van der Waals surface area contributed by atoms with E-state index in [0.29, 0.717) is 12.2 Å². The van der Waals surface area contributed by atoms with Crippen molar-refractivity contribution in [1.29, 1.82) is 0 Å². The van der Waals surface area contributed by atoms with Crippen LogP contribution in [0.15, 0.2) is 30.3 Å². The number of carbonyl (C=O) groups excluding carboxylic acids is 1. The summed E-state index contributed by atoms with van der Waals surface area (Å²) >= 11 is 0. The molecule has 1 aromatic carbocycles. The molecule has 7 heteroatoms. The predicted molar refractivity (Wildman–Crippen MR) is 71.4 cm³/mol. The van der Waals surface area contributed by atoms with Gasteiger partial charge in [0.2, 0.25) is 0 Å². The van der Waals surface area contributed by atoms with Gasteiger partial charge in [-0.3, -0.25) is 0 Å². The molecule has 0 N–H and O–H groups in total. The fraction of sp³-hybridized carbons (Fsp3) is 0.222. The molecule has 2 nitrogen and oxygen atoms in total. The van der Waals surface area contributed by atoms with Crippen LogP contribution in [0.3, 0.4) is 0 Å². The summed E-state index contributed by atoms with van der Waals surface area (Å²) in [6, 6.07) is 8.96. The Morgan fingerprint density at radius 2 is 1.50 bits per heavy atom. The molecule has 0 saturated carbocycles. The van der Waals surface area contributed by atoms with Crippen LogP contribution in [0.1, 0.15) is 17.3 Å². The van der Waals surface area contributed by atoms with E-state index in [2.05, 4.69) is 0 Å². The van der Waals surface area contributed by atoms with Crippen molar-refractivity contribution in [3.05, 3.63) is 35.9 Å². The van der Waals surface area contributed by atoms with Crippen molar-refractivity contribution in [1.82, 2.24) is 0 Å². The van der Waals surface area contributed by atoms with Crippen molar-refractivity contribution in [2.45, 2.75) is 6.92 Å². The molecule has 0 radical (unpaired) electrons. The van der Waals surface area contributed by atoms with Crippen molar-refractivity contribution in [3.8, 4) is 0 Å². The van der Waals surface area contributed by atoms with Gasteiger partial charge < -0.3 is 4.74 Å². The van der Waals surface area contributed by atoms with Gasteiger partial charge in [0.05, 0.1) is 12.2 Å². The molecule has 1 aromatic rings. The van der Waals surface area contributed by atoms with Gasteiger partial charge in [-0.1, -0.05) is 18.2 Å². The Hall–Kier alpha value is 0.733. The standard InChI is InChI=1S/C9H10O2.4ClH.Zr/c1-2-11-9(10)8-6-4-3-5-7-8;;;;;/h3-7H,2H2,1H3;4*1H;. The first-order valence-corrected chi connectivity index (χ1v) is 3.56. The quantitative estimate of drug-likeness (QED) is 0.726. The molecule has 0 aliphatic rings. The number of benzene rings is 1. The van der Waals surface area contributed by atoms with E-state index >= 15 is 0 Å². The Bertz CT molecular complexity index is 247. The van der Waals surface area contributed by atoms with Crippen molar-refractivity contribution in [3.63, 3.8) is 0 Å². The van der Waals surface area contributed by atoms with Crippen LogP contribution in [0.5, 0.6) is 0 Å². The Morgan fingerprint density at radius 1 is 1.06 bits per heavy atom. The van der Waals surface area contributed by atoms with Crippen molar-refractivity contribution in [2.24, 2.45) is 0 Å². The van der Waals surface area contributed by atoms with Gasteiger partial charge in [-0.25, -0.2) is 4.79 Å². The normalized spacial score (nSPS) is 6.31. The number of rotatable bonds is 2. The van der Waals surface area contributed by atoms with Crippen LogP contribution >= 0.6 is 49.6 Å². The number of halogens is 4. The minimum atomic E-state index is -0.256. The molecule has 0 fully saturated rings. The van der Waals surface area contributed by atoms with Crippen LogP contribution in [0, 0.1) is 0 Å². The summed E-state index contributed by atoms with van der Waals surface area (Å²) in [7, 11) is 0. The summed E-state index contributed by atoms with van der Waals surface area (Å²) in [4.78, 5) is 11.0. The minimum Gasteiger partial charge on any atom is -0.462 e. The molecule has 0 aliphatic heterocycles. The van der Waals surface area contributed by atoms with Gasteiger partial charge in [0.1, 0.15) is 0 Å². The Balaban J connectivity index is -0.0000000807. The van der Waals surface area contributed by atoms with Crippen molar-refractivity contribution in [2.75, 3.05) is 6.61 Å². The van der Waals surface area contributed by atoms with E-state index < -0.39 is 0 Å². The maximum absolute atomic E-state index is 11.0. The smallest absolute Gasteiger partial charge is 0.338 e. The second-order valence-electron chi connectivity index (χ2n) is 2.09. The molecule has 0 aliphatic carbocycles. The monoisotopic (exact) mass is 384 g/mol. The molecule has 0 heterocycles. The van der Waals surface area contributed by atoms with Crippen LogP contribution in [0.2, 0.25) is 0 Å². The molecular weight excluding hydrogens is 373 g/mol. The van der Waals surface area contributed by atoms with E-state index in [9.17, 15) is 4.79 Å². The molecule has 16 heavy (non-hydrogen) atoms. The minimum absolute atomic E-state index is 0. The van der Waals surface area contributed by atoms with E-state index in [4.69, 9.17) is 4.74 Å². The van der Waals surface area contributed by atoms with Crippen LogP contribution in [0.4, 0.5) is 0 Å². The van der Waals surface area contributed by atoms with Crippen molar-refractivity contribution >= 4 is 55.6 Å². The number of ether oxygens (including phenoxy) is 1. The number of hydrogen-bond acceptors (Lipinski definition) is 2. The third-order valence-electron chi connectivity index (χ3n) is 1.28. The van der Waals surface area contributed by atoms with E-state index in [1.165, 1.54) is 0 Å². The van der Waals surface area contributed by atoms with Gasteiger partial charge in [0.15, 0.2) is 0 Å². The first-order chi connectivity index (χ1) is 5.34. The van der Waals surface area contributed by atoms with Crippen LogP contribution in [-0.4, -0.2) is 12.6 Å². The maximum Gasteiger partial charge on any atom is 0.338 e. The van der Waals surface area contributed by atoms with E-state index in [1.54, 1.807) is 19.1 Å². The van der Waals surface area contributed by atoms with E-state index in [1.807, 2.05) is 18.2 Å². The van der Waals surface area contributed by atoms with Gasteiger partial charge in [-0.2, -0.15) is 0 Å². The molecular formula is C9H14Cl4O2Zr. The fourth-order valence-electron chi connectivity index (χ4n) is 0.789. The van der Waals surface area contributed by atoms with Gasteiger partial charge in [-0.15, -0.1) is 49.6 Å². The first kappa shape index (κ1) is 30.1. The summed E-state index contributed by atoms with van der Waals surface area (Å²) in [5.41, 5.74) is 0.606. The van der Waals surface area contributed by atoms with Gasteiger partial charge in [0.25, 0.3) is 0 Å². The Labute approximate surface area is 140 Å². The zero-order chi connectivity index (χ0) is 8.10. The van der Waals surface area contributed by atoms with E-state index in [-0.39, 0.29) is 81.8 Å². The summed E-state index contributed by atoms with van der Waals surface area (Å²) < 4.78 is 4.79. The molecule has 0 aromatic heterocycles. The Morgan fingerprint density at radius 3 is 1.88 bits per heavy atom. The summed E-state index contributed by atoms with van der Waals surface area (Å²) in [5.74, 6) is -0.256. The zero-order valence-corrected chi connectivity index (χ0v) is 14.3. The topological polar surface area (TPSA) is 26.3 Å². The average Bonchev–Trinajstić information content (AvgIpc) is 2.07. The van der Waals surface area contributed by atoms with Gasteiger partial charge in [-0.05, 0) is 19.1 Å². The van der Waals surface area contributed by atoms with Crippen LogP contribution in [-0.2, 0) is 30.9 Å². The molecule has 0 atom stereocenters. The molecule has 0 unspecified atom stereocenters. The summed E-state index contributed by atoms with van der Waals surface area (Å²) in [6.07, 6.45) is 0. The van der Waals surface area contributed by atoms with Crippen LogP contribution < -0.4 is 0 Å². The Kier molecular flexibility index (Phi) is 34.1. The molecule has 0 spiro atoms. The molecule has 1 rings (SSSR count). The van der Waals surface area contributed by atoms with Crippen molar-refractivity contribution < 1.29 is 35.7 Å². The summed E-state index contributed by atoms with van der Waals surface area (Å²) in [5, 5.41) is 0. The molecule has 94 valence electrons.